The highest BCUT2D eigenvalue weighted by molar-refractivity contribution is 6.39. The zero-order valence-electron chi connectivity index (χ0n) is 13.6. The molecule has 1 atom stereocenters. The lowest BCUT2D eigenvalue weighted by atomic mass is 10.1. The highest BCUT2D eigenvalue weighted by Crippen LogP contribution is 2.19. The molecular formula is C17H19N5O2. The van der Waals surface area contributed by atoms with Gasteiger partial charge >= 0.3 is 0 Å². The van der Waals surface area contributed by atoms with Crippen LogP contribution in [-0.4, -0.2) is 39.6 Å². The zero-order valence-corrected chi connectivity index (χ0v) is 13.6. The summed E-state index contributed by atoms with van der Waals surface area (Å²) in [6.45, 7) is 1.85. The number of imidazole rings is 1. The van der Waals surface area contributed by atoms with Crippen molar-refractivity contribution in [2.24, 2.45) is 5.10 Å². The van der Waals surface area contributed by atoms with Gasteiger partial charge in [0, 0.05) is 19.9 Å². The number of hydrogen-bond donors (Lipinski definition) is 2. The van der Waals surface area contributed by atoms with Gasteiger partial charge in [0.1, 0.15) is 11.5 Å². The second kappa shape index (κ2) is 6.66. The topological polar surface area (TPSA) is 90.4 Å². The SMILES string of the molecule is C[C@@H](NC(=O)C1=NN(C)C(=O)CC1)c1ncc(-c2ccccc2)[nH]1. The Labute approximate surface area is 139 Å². The predicted octanol–water partition coefficient (Wildman–Crippen LogP) is 1.86. The molecule has 2 N–H and O–H groups in total. The van der Waals surface area contributed by atoms with Crippen LogP contribution < -0.4 is 5.32 Å². The summed E-state index contributed by atoms with van der Waals surface area (Å²) in [5.41, 5.74) is 2.29. The predicted molar refractivity (Wildman–Crippen MR) is 90.0 cm³/mol. The van der Waals surface area contributed by atoms with Crippen LogP contribution in [-0.2, 0) is 9.59 Å². The van der Waals surface area contributed by atoms with E-state index in [0.717, 1.165) is 11.3 Å². The van der Waals surface area contributed by atoms with E-state index in [2.05, 4.69) is 20.4 Å². The Bertz CT molecular complexity index is 781. The van der Waals surface area contributed by atoms with Crippen LogP contribution in [0.25, 0.3) is 11.3 Å². The molecule has 1 aromatic carbocycles. The molecule has 7 nitrogen and oxygen atoms in total. The highest BCUT2D eigenvalue weighted by atomic mass is 16.2. The summed E-state index contributed by atoms with van der Waals surface area (Å²) in [7, 11) is 1.55. The Kier molecular flexibility index (Phi) is 4.41. The quantitative estimate of drug-likeness (QED) is 0.899. The third kappa shape index (κ3) is 3.34. The number of benzene rings is 1. The molecule has 0 spiro atoms. The van der Waals surface area contributed by atoms with Crippen LogP contribution in [0.5, 0.6) is 0 Å². The minimum absolute atomic E-state index is 0.0851. The first-order valence-corrected chi connectivity index (χ1v) is 7.80. The van der Waals surface area contributed by atoms with Gasteiger partial charge in [-0.15, -0.1) is 0 Å². The molecule has 0 fully saturated rings. The normalized spacial score (nSPS) is 15.8. The van der Waals surface area contributed by atoms with Crippen molar-refractivity contribution >= 4 is 17.5 Å². The molecule has 1 aliphatic heterocycles. The van der Waals surface area contributed by atoms with Crippen molar-refractivity contribution in [3.63, 3.8) is 0 Å². The lowest BCUT2D eigenvalue weighted by Gasteiger charge is -2.20. The third-order valence-corrected chi connectivity index (χ3v) is 3.91. The number of hydrazone groups is 1. The molecule has 2 aromatic rings. The van der Waals surface area contributed by atoms with E-state index in [1.165, 1.54) is 5.01 Å². The van der Waals surface area contributed by atoms with E-state index in [1.807, 2.05) is 37.3 Å². The van der Waals surface area contributed by atoms with Gasteiger partial charge in [-0.3, -0.25) is 9.59 Å². The first-order valence-electron chi connectivity index (χ1n) is 7.80. The van der Waals surface area contributed by atoms with Crippen molar-refractivity contribution in [2.75, 3.05) is 7.05 Å². The second-order valence-corrected chi connectivity index (χ2v) is 5.71. The molecule has 0 saturated carbocycles. The summed E-state index contributed by atoms with van der Waals surface area (Å²) in [6, 6.07) is 9.56. The van der Waals surface area contributed by atoms with E-state index < -0.39 is 0 Å². The minimum atomic E-state index is -0.291. The number of aromatic nitrogens is 2. The molecule has 2 amide bonds. The molecule has 2 heterocycles. The lowest BCUT2D eigenvalue weighted by molar-refractivity contribution is -0.130. The monoisotopic (exact) mass is 325 g/mol. The van der Waals surface area contributed by atoms with Gasteiger partial charge in [0.05, 0.1) is 17.9 Å². The average Bonchev–Trinajstić information content (AvgIpc) is 3.08. The molecule has 7 heteroatoms. The standard InChI is InChI=1S/C17H19N5O2/c1-11(19-17(24)13-8-9-15(23)22(2)21-13)16-18-10-14(20-16)12-6-4-3-5-7-12/h3-7,10-11H,8-9H2,1-2H3,(H,18,20)(H,19,24)/t11-/m1/s1. The van der Waals surface area contributed by atoms with Gasteiger partial charge in [-0.25, -0.2) is 9.99 Å². The molecule has 1 aliphatic rings. The van der Waals surface area contributed by atoms with Crippen LogP contribution >= 0.6 is 0 Å². The van der Waals surface area contributed by atoms with Gasteiger partial charge in [0.2, 0.25) is 5.91 Å². The lowest BCUT2D eigenvalue weighted by Crippen LogP contribution is -2.38. The number of hydrogen-bond acceptors (Lipinski definition) is 4. The summed E-state index contributed by atoms with van der Waals surface area (Å²) >= 11 is 0. The number of nitrogens with one attached hydrogen (secondary N) is 2. The molecule has 0 unspecified atom stereocenters. The summed E-state index contributed by atoms with van der Waals surface area (Å²) < 4.78 is 0. The Morgan fingerprint density at radius 1 is 1.29 bits per heavy atom. The highest BCUT2D eigenvalue weighted by Gasteiger charge is 2.23. The van der Waals surface area contributed by atoms with Crippen LogP contribution in [0.4, 0.5) is 0 Å². The van der Waals surface area contributed by atoms with Crippen molar-refractivity contribution in [2.45, 2.75) is 25.8 Å². The molecule has 0 bridgehead atoms. The van der Waals surface area contributed by atoms with Crippen molar-refractivity contribution in [3.05, 3.63) is 42.4 Å². The smallest absolute Gasteiger partial charge is 0.268 e. The second-order valence-electron chi connectivity index (χ2n) is 5.71. The maximum absolute atomic E-state index is 12.3. The molecule has 3 rings (SSSR count). The molecule has 0 aliphatic carbocycles. The van der Waals surface area contributed by atoms with Crippen LogP contribution in [0, 0.1) is 0 Å². The Morgan fingerprint density at radius 3 is 2.75 bits per heavy atom. The Balaban J connectivity index is 1.68. The fourth-order valence-electron chi connectivity index (χ4n) is 2.50. The number of aromatic amines is 1. The number of carbonyl (C=O) groups is 2. The summed E-state index contributed by atoms with van der Waals surface area (Å²) in [6.07, 6.45) is 2.41. The van der Waals surface area contributed by atoms with Crippen molar-refractivity contribution in [3.8, 4) is 11.3 Å². The molecule has 0 saturated heterocycles. The number of amides is 2. The van der Waals surface area contributed by atoms with E-state index >= 15 is 0 Å². The van der Waals surface area contributed by atoms with Gasteiger partial charge < -0.3 is 10.3 Å². The zero-order chi connectivity index (χ0) is 17.1. The minimum Gasteiger partial charge on any atom is -0.341 e. The van der Waals surface area contributed by atoms with Gasteiger partial charge in [-0.05, 0) is 12.5 Å². The molecule has 0 radical (unpaired) electrons. The van der Waals surface area contributed by atoms with Crippen LogP contribution in [0.1, 0.15) is 31.6 Å². The number of carbonyl (C=O) groups excluding carboxylic acids is 2. The van der Waals surface area contributed by atoms with Crippen molar-refractivity contribution < 1.29 is 9.59 Å². The maximum Gasteiger partial charge on any atom is 0.268 e. The van der Waals surface area contributed by atoms with Gasteiger partial charge in [0.15, 0.2) is 0 Å². The van der Waals surface area contributed by atoms with E-state index in [1.54, 1.807) is 13.2 Å². The first kappa shape index (κ1) is 15.9. The fourth-order valence-corrected chi connectivity index (χ4v) is 2.50. The molecule has 124 valence electrons. The average molecular weight is 325 g/mol. The van der Waals surface area contributed by atoms with Gasteiger partial charge in [-0.1, -0.05) is 30.3 Å². The summed E-state index contributed by atoms with van der Waals surface area (Å²) in [5, 5.41) is 8.10. The third-order valence-electron chi connectivity index (χ3n) is 3.91. The van der Waals surface area contributed by atoms with Crippen LogP contribution in [0.3, 0.4) is 0 Å². The number of nitrogens with zero attached hydrogens (tertiary/aromatic N) is 3. The van der Waals surface area contributed by atoms with Gasteiger partial charge in [0.25, 0.3) is 5.91 Å². The number of rotatable bonds is 4. The van der Waals surface area contributed by atoms with E-state index in [9.17, 15) is 9.59 Å². The Morgan fingerprint density at radius 2 is 2.04 bits per heavy atom. The fraction of sp³-hybridized carbons (Fsp3) is 0.294. The van der Waals surface area contributed by atoms with Crippen LogP contribution in [0.2, 0.25) is 0 Å². The molecular weight excluding hydrogens is 306 g/mol. The first-order chi connectivity index (χ1) is 11.5. The number of H-pyrrole nitrogens is 1. The summed E-state index contributed by atoms with van der Waals surface area (Å²) in [5.74, 6) is 0.306. The van der Waals surface area contributed by atoms with Gasteiger partial charge in [-0.2, -0.15) is 5.10 Å². The summed E-state index contributed by atoms with van der Waals surface area (Å²) in [4.78, 5) is 31.3. The van der Waals surface area contributed by atoms with Crippen molar-refractivity contribution in [1.82, 2.24) is 20.3 Å². The maximum atomic E-state index is 12.3. The van der Waals surface area contributed by atoms with E-state index in [0.29, 0.717) is 24.4 Å². The van der Waals surface area contributed by atoms with Crippen molar-refractivity contribution in [1.29, 1.82) is 0 Å². The molecule has 1 aromatic heterocycles. The van der Waals surface area contributed by atoms with E-state index in [4.69, 9.17) is 0 Å². The Hall–Kier alpha value is -2.96. The largest absolute Gasteiger partial charge is 0.341 e. The van der Waals surface area contributed by atoms with E-state index in [-0.39, 0.29) is 17.9 Å². The molecule has 24 heavy (non-hydrogen) atoms. The van der Waals surface area contributed by atoms with Crippen LogP contribution in [0.15, 0.2) is 41.6 Å².